The predicted molar refractivity (Wildman–Crippen MR) is 63.8 cm³/mol. The average molecular weight is 265 g/mol. The molecule has 2 heterocycles. The number of imide groups is 1. The first-order valence-electron chi connectivity index (χ1n) is 5.82. The number of amides is 2. The fourth-order valence-electron chi connectivity index (χ4n) is 2.22. The third-order valence-corrected chi connectivity index (χ3v) is 3.19. The molecule has 1 aliphatic rings. The lowest BCUT2D eigenvalue weighted by molar-refractivity contribution is -0.155. The smallest absolute Gasteiger partial charge is 0.331 e. The van der Waals surface area contributed by atoms with Crippen LogP contribution in [-0.2, 0) is 21.4 Å². The van der Waals surface area contributed by atoms with Gasteiger partial charge in [0.05, 0.1) is 11.6 Å². The number of nitrogens with zero attached hydrogens (tertiary/aromatic N) is 3. The van der Waals surface area contributed by atoms with Crippen molar-refractivity contribution in [1.82, 2.24) is 14.7 Å². The maximum absolute atomic E-state index is 12.2. The third kappa shape index (κ3) is 2.11. The second kappa shape index (κ2) is 4.18. The number of aliphatic carboxylic acids is 1. The average Bonchev–Trinajstić information content (AvgIpc) is 2.76. The van der Waals surface area contributed by atoms with E-state index in [1.165, 1.54) is 17.1 Å². The molecule has 0 bridgehead atoms. The van der Waals surface area contributed by atoms with Crippen LogP contribution < -0.4 is 0 Å². The SMILES string of the molecule is Cn1cc(C(C(=O)O)N2C(=O)CC(C)(C)C2=O)cn1. The van der Waals surface area contributed by atoms with Crippen LogP contribution in [0.3, 0.4) is 0 Å². The zero-order valence-corrected chi connectivity index (χ0v) is 11.0. The lowest BCUT2D eigenvalue weighted by Gasteiger charge is -2.23. The number of carbonyl (C=O) groups excluding carboxylic acids is 2. The van der Waals surface area contributed by atoms with Crippen LogP contribution in [-0.4, -0.2) is 37.6 Å². The van der Waals surface area contributed by atoms with E-state index in [1.807, 2.05) is 0 Å². The van der Waals surface area contributed by atoms with Crippen LogP contribution in [0.1, 0.15) is 31.9 Å². The van der Waals surface area contributed by atoms with Crippen molar-refractivity contribution in [3.05, 3.63) is 18.0 Å². The Morgan fingerprint density at radius 3 is 2.47 bits per heavy atom. The summed E-state index contributed by atoms with van der Waals surface area (Å²) in [6.45, 7) is 3.27. The van der Waals surface area contributed by atoms with Crippen LogP contribution in [0.2, 0.25) is 0 Å². The van der Waals surface area contributed by atoms with Crippen molar-refractivity contribution in [3.63, 3.8) is 0 Å². The summed E-state index contributed by atoms with van der Waals surface area (Å²) in [7, 11) is 1.64. The molecule has 7 nitrogen and oxygen atoms in total. The summed E-state index contributed by atoms with van der Waals surface area (Å²) in [4.78, 5) is 36.4. The summed E-state index contributed by atoms with van der Waals surface area (Å²) in [6, 6.07) is -1.31. The quantitative estimate of drug-likeness (QED) is 0.795. The van der Waals surface area contributed by atoms with Gasteiger partial charge in [-0.2, -0.15) is 5.10 Å². The Kier molecular flexibility index (Phi) is 2.92. The van der Waals surface area contributed by atoms with Gasteiger partial charge >= 0.3 is 5.97 Å². The Balaban J connectivity index is 2.44. The third-order valence-electron chi connectivity index (χ3n) is 3.19. The highest BCUT2D eigenvalue weighted by atomic mass is 16.4. The van der Waals surface area contributed by atoms with E-state index in [2.05, 4.69) is 5.10 Å². The Bertz CT molecular complexity index is 561. The summed E-state index contributed by atoms with van der Waals surface area (Å²) >= 11 is 0. The molecule has 1 saturated heterocycles. The van der Waals surface area contributed by atoms with Crippen LogP contribution in [0.5, 0.6) is 0 Å². The van der Waals surface area contributed by atoms with E-state index in [-0.39, 0.29) is 6.42 Å². The number of hydrogen-bond acceptors (Lipinski definition) is 4. The minimum absolute atomic E-state index is 0.0237. The number of aromatic nitrogens is 2. The van der Waals surface area contributed by atoms with Crippen LogP contribution in [0.25, 0.3) is 0 Å². The summed E-state index contributed by atoms with van der Waals surface area (Å²) in [6.07, 6.45) is 2.87. The van der Waals surface area contributed by atoms with E-state index >= 15 is 0 Å². The minimum atomic E-state index is -1.31. The number of rotatable bonds is 3. The van der Waals surface area contributed by atoms with E-state index in [4.69, 9.17) is 0 Å². The number of aryl methyl sites for hydroxylation is 1. The summed E-state index contributed by atoms with van der Waals surface area (Å²) < 4.78 is 1.43. The Morgan fingerprint density at radius 2 is 2.11 bits per heavy atom. The van der Waals surface area contributed by atoms with Crippen molar-refractivity contribution < 1.29 is 19.5 Å². The molecule has 102 valence electrons. The highest BCUT2D eigenvalue weighted by Gasteiger charge is 2.50. The van der Waals surface area contributed by atoms with Gasteiger partial charge in [-0.15, -0.1) is 0 Å². The summed E-state index contributed by atoms with van der Waals surface area (Å²) in [5, 5.41) is 13.2. The van der Waals surface area contributed by atoms with E-state index in [9.17, 15) is 19.5 Å². The van der Waals surface area contributed by atoms with Gasteiger partial charge in [0.25, 0.3) is 0 Å². The van der Waals surface area contributed by atoms with Crippen molar-refractivity contribution in [2.45, 2.75) is 26.3 Å². The van der Waals surface area contributed by atoms with Gasteiger partial charge in [-0.25, -0.2) is 4.79 Å². The molecule has 0 aliphatic carbocycles. The minimum Gasteiger partial charge on any atom is -0.479 e. The van der Waals surface area contributed by atoms with E-state index in [1.54, 1.807) is 20.9 Å². The van der Waals surface area contributed by atoms with Gasteiger partial charge in [-0.05, 0) is 0 Å². The molecule has 1 N–H and O–H groups in total. The van der Waals surface area contributed by atoms with Gasteiger partial charge in [-0.3, -0.25) is 19.2 Å². The molecule has 0 aromatic carbocycles. The monoisotopic (exact) mass is 265 g/mol. The molecular weight excluding hydrogens is 250 g/mol. The van der Waals surface area contributed by atoms with Crippen LogP contribution in [0.4, 0.5) is 0 Å². The Labute approximate surface area is 109 Å². The number of likely N-dealkylation sites (tertiary alicyclic amines) is 1. The maximum atomic E-state index is 12.2. The maximum Gasteiger partial charge on any atom is 0.331 e. The molecule has 2 rings (SSSR count). The van der Waals surface area contributed by atoms with Gasteiger partial charge in [0.15, 0.2) is 6.04 Å². The first-order valence-corrected chi connectivity index (χ1v) is 5.82. The highest BCUT2D eigenvalue weighted by Crippen LogP contribution is 2.37. The number of carboxylic acid groups (broad SMARTS) is 1. The van der Waals surface area contributed by atoms with Gasteiger partial charge in [0, 0.05) is 25.2 Å². The molecule has 1 fully saturated rings. The molecule has 0 radical (unpaired) electrons. The molecule has 1 unspecified atom stereocenters. The standard InChI is InChI=1S/C12H15N3O4/c1-12(2)4-8(16)15(11(12)19)9(10(17)18)7-5-13-14(3)6-7/h5-6,9H,4H2,1-3H3,(H,17,18). The highest BCUT2D eigenvalue weighted by molar-refractivity contribution is 6.08. The molecule has 1 aromatic rings. The molecule has 19 heavy (non-hydrogen) atoms. The first-order chi connectivity index (χ1) is 8.74. The molecule has 1 atom stereocenters. The van der Waals surface area contributed by atoms with Crippen LogP contribution in [0.15, 0.2) is 12.4 Å². The Morgan fingerprint density at radius 1 is 1.47 bits per heavy atom. The van der Waals surface area contributed by atoms with Crippen molar-refractivity contribution in [3.8, 4) is 0 Å². The predicted octanol–water partition coefficient (Wildman–Crippen LogP) is 0.331. The summed E-state index contributed by atoms with van der Waals surface area (Å²) in [5.41, 5.74) is -0.540. The van der Waals surface area contributed by atoms with Crippen molar-refractivity contribution >= 4 is 17.8 Å². The number of carboxylic acids is 1. The Hall–Kier alpha value is -2.18. The van der Waals surface area contributed by atoms with Crippen molar-refractivity contribution in [2.75, 3.05) is 0 Å². The molecular formula is C12H15N3O4. The van der Waals surface area contributed by atoms with E-state index in [0.717, 1.165) is 4.90 Å². The topological polar surface area (TPSA) is 92.5 Å². The first kappa shape index (κ1) is 13.3. The lowest BCUT2D eigenvalue weighted by Crippen LogP contribution is -2.40. The zero-order valence-electron chi connectivity index (χ0n) is 11.0. The largest absolute Gasteiger partial charge is 0.479 e. The molecule has 0 saturated carbocycles. The molecule has 1 aromatic heterocycles. The number of carbonyl (C=O) groups is 3. The van der Waals surface area contributed by atoms with Gasteiger partial charge < -0.3 is 5.11 Å². The molecule has 0 spiro atoms. The van der Waals surface area contributed by atoms with Crippen molar-refractivity contribution in [1.29, 1.82) is 0 Å². The van der Waals surface area contributed by atoms with Gasteiger partial charge in [-0.1, -0.05) is 13.8 Å². The normalized spacial score (nSPS) is 19.8. The van der Waals surface area contributed by atoms with Gasteiger partial charge in [0.2, 0.25) is 11.8 Å². The lowest BCUT2D eigenvalue weighted by atomic mass is 9.92. The second-order valence-corrected chi connectivity index (χ2v) is 5.32. The van der Waals surface area contributed by atoms with Crippen molar-refractivity contribution in [2.24, 2.45) is 12.5 Å². The fourth-order valence-corrected chi connectivity index (χ4v) is 2.22. The van der Waals surface area contributed by atoms with E-state index < -0.39 is 29.2 Å². The molecule has 2 amide bonds. The molecule has 1 aliphatic heterocycles. The van der Waals surface area contributed by atoms with E-state index in [0.29, 0.717) is 5.56 Å². The van der Waals surface area contributed by atoms with Crippen LogP contribution >= 0.6 is 0 Å². The second-order valence-electron chi connectivity index (χ2n) is 5.32. The fraction of sp³-hybridized carbons (Fsp3) is 0.500. The zero-order chi connectivity index (χ0) is 14.4. The summed E-state index contributed by atoms with van der Waals surface area (Å²) in [5.74, 6) is -2.17. The number of hydrogen-bond donors (Lipinski definition) is 1. The molecule has 7 heteroatoms. The van der Waals surface area contributed by atoms with Crippen LogP contribution in [0, 0.1) is 5.41 Å². The van der Waals surface area contributed by atoms with Gasteiger partial charge in [0.1, 0.15) is 0 Å².